The van der Waals surface area contributed by atoms with Crippen LogP contribution in [0.1, 0.15) is 91.4 Å². The van der Waals surface area contributed by atoms with Gasteiger partial charge >= 0.3 is 5.97 Å². The van der Waals surface area contributed by atoms with Gasteiger partial charge in [0.25, 0.3) is 0 Å². The molecule has 0 radical (unpaired) electrons. The van der Waals surface area contributed by atoms with Gasteiger partial charge in [-0.2, -0.15) is 0 Å². The molecule has 0 aliphatic rings. The van der Waals surface area contributed by atoms with E-state index in [1.807, 2.05) is 6.08 Å². The lowest BCUT2D eigenvalue weighted by atomic mass is 10.0. The maximum Gasteiger partial charge on any atom is 0.305 e. The molecule has 0 saturated heterocycles. The van der Waals surface area contributed by atoms with Gasteiger partial charge in [-0.1, -0.05) is 50.3 Å². The first-order valence-electron chi connectivity index (χ1n) is 9.46. The van der Waals surface area contributed by atoms with Gasteiger partial charge in [-0.05, 0) is 58.3 Å². The molecule has 0 aliphatic heterocycles. The van der Waals surface area contributed by atoms with Crippen molar-refractivity contribution in [3.05, 3.63) is 24.3 Å². The van der Waals surface area contributed by atoms with Crippen LogP contribution in [0.25, 0.3) is 0 Å². The first-order valence-corrected chi connectivity index (χ1v) is 9.46. The van der Waals surface area contributed by atoms with Gasteiger partial charge in [0.05, 0.1) is 6.61 Å². The highest BCUT2D eigenvalue weighted by atomic mass is 16.5. The van der Waals surface area contributed by atoms with Crippen LogP contribution >= 0.6 is 0 Å². The molecule has 0 fully saturated rings. The summed E-state index contributed by atoms with van der Waals surface area (Å²) in [7, 11) is 0. The molecule has 0 saturated carbocycles. The minimum atomic E-state index is -0.0202. The van der Waals surface area contributed by atoms with Crippen LogP contribution in [0.2, 0.25) is 0 Å². The van der Waals surface area contributed by atoms with E-state index in [9.17, 15) is 4.79 Å². The maximum atomic E-state index is 11.7. The summed E-state index contributed by atoms with van der Waals surface area (Å²) in [5, 5.41) is 0. The molecule has 1 unspecified atom stereocenters. The van der Waals surface area contributed by atoms with E-state index in [4.69, 9.17) is 4.74 Å². The number of unbranched alkanes of at least 4 members (excludes halogenated alkanes) is 6. The van der Waals surface area contributed by atoms with Crippen molar-refractivity contribution < 1.29 is 9.53 Å². The predicted octanol–water partition coefficient (Wildman–Crippen LogP) is 6.61. The molecule has 0 spiro atoms. The zero-order valence-electron chi connectivity index (χ0n) is 15.7. The van der Waals surface area contributed by atoms with Gasteiger partial charge in [0.1, 0.15) is 0 Å². The molecule has 23 heavy (non-hydrogen) atoms. The summed E-state index contributed by atoms with van der Waals surface area (Å²) < 4.78 is 5.33. The van der Waals surface area contributed by atoms with E-state index in [1.54, 1.807) is 0 Å². The molecular weight excluding hydrogens is 284 g/mol. The van der Waals surface area contributed by atoms with E-state index < -0.39 is 0 Å². The van der Waals surface area contributed by atoms with Crippen LogP contribution in [0.5, 0.6) is 0 Å². The van der Waals surface area contributed by atoms with E-state index in [0.29, 0.717) is 18.9 Å². The van der Waals surface area contributed by atoms with Crippen LogP contribution < -0.4 is 0 Å². The molecule has 0 aromatic heterocycles. The van der Waals surface area contributed by atoms with Crippen molar-refractivity contribution in [2.45, 2.75) is 91.4 Å². The van der Waals surface area contributed by atoms with E-state index in [2.05, 4.69) is 33.4 Å². The number of carbonyl (C=O) groups excluding carboxylic acids is 1. The highest BCUT2D eigenvalue weighted by Gasteiger charge is 2.05. The number of ether oxygens (including phenoxy) is 1. The van der Waals surface area contributed by atoms with Crippen molar-refractivity contribution in [2.24, 2.45) is 5.92 Å². The molecule has 2 heteroatoms. The maximum absolute atomic E-state index is 11.7. The number of hydrogen-bond acceptors (Lipinski definition) is 2. The Balaban J connectivity index is 3.39. The van der Waals surface area contributed by atoms with Gasteiger partial charge in [0, 0.05) is 6.42 Å². The van der Waals surface area contributed by atoms with E-state index in [-0.39, 0.29) is 5.97 Å². The summed E-state index contributed by atoms with van der Waals surface area (Å²) in [6, 6.07) is 0. The third-order valence-corrected chi connectivity index (χ3v) is 4.12. The zero-order valence-corrected chi connectivity index (χ0v) is 15.7. The molecule has 0 bridgehead atoms. The Bertz CT molecular complexity index is 327. The Kier molecular flexibility index (Phi) is 15.1. The Morgan fingerprint density at radius 3 is 2.30 bits per heavy atom. The first kappa shape index (κ1) is 21.9. The summed E-state index contributed by atoms with van der Waals surface area (Å²) in [6.07, 6.45) is 16.4. The normalized spacial score (nSPS) is 11.8. The number of hydrogen-bond donors (Lipinski definition) is 0. The van der Waals surface area contributed by atoms with Crippen molar-refractivity contribution in [2.75, 3.05) is 6.61 Å². The minimum Gasteiger partial charge on any atom is -0.466 e. The van der Waals surface area contributed by atoms with Crippen LogP contribution in [-0.2, 0) is 9.53 Å². The SMILES string of the molecule is C=CCCCCCCCCC(=O)OCCC(C)CCC=C(C)C. The second-order valence-corrected chi connectivity index (χ2v) is 6.92. The fourth-order valence-corrected chi connectivity index (χ4v) is 2.51. The third-order valence-electron chi connectivity index (χ3n) is 4.12. The van der Waals surface area contributed by atoms with Gasteiger partial charge in [0.2, 0.25) is 0 Å². The summed E-state index contributed by atoms with van der Waals surface area (Å²) in [5.74, 6) is 0.599. The molecule has 0 heterocycles. The molecule has 0 aromatic carbocycles. The highest BCUT2D eigenvalue weighted by molar-refractivity contribution is 5.69. The number of rotatable bonds is 15. The Hall–Kier alpha value is -1.05. The lowest BCUT2D eigenvalue weighted by Gasteiger charge is -2.10. The van der Waals surface area contributed by atoms with Crippen LogP contribution in [0.15, 0.2) is 24.3 Å². The average molecular weight is 323 g/mol. The van der Waals surface area contributed by atoms with Gasteiger partial charge in [0.15, 0.2) is 0 Å². The quantitative estimate of drug-likeness (QED) is 0.193. The van der Waals surface area contributed by atoms with Crippen LogP contribution in [0, 0.1) is 5.92 Å². The van der Waals surface area contributed by atoms with Crippen molar-refractivity contribution >= 4 is 5.97 Å². The molecule has 0 aromatic rings. The Labute approximate surface area is 144 Å². The van der Waals surface area contributed by atoms with Crippen LogP contribution in [0.3, 0.4) is 0 Å². The van der Waals surface area contributed by atoms with E-state index in [0.717, 1.165) is 32.1 Å². The summed E-state index contributed by atoms with van der Waals surface area (Å²) >= 11 is 0. The summed E-state index contributed by atoms with van der Waals surface area (Å²) in [6.45, 7) is 10.8. The van der Waals surface area contributed by atoms with Crippen LogP contribution in [0.4, 0.5) is 0 Å². The number of allylic oxidation sites excluding steroid dienone is 3. The molecule has 2 nitrogen and oxygen atoms in total. The molecule has 134 valence electrons. The first-order chi connectivity index (χ1) is 11.1. The van der Waals surface area contributed by atoms with Crippen molar-refractivity contribution in [1.29, 1.82) is 0 Å². The summed E-state index contributed by atoms with van der Waals surface area (Å²) in [4.78, 5) is 11.7. The fraction of sp³-hybridized carbons (Fsp3) is 0.762. The Morgan fingerprint density at radius 1 is 1.00 bits per heavy atom. The molecule has 0 N–H and O–H groups in total. The summed E-state index contributed by atoms with van der Waals surface area (Å²) in [5.41, 5.74) is 1.38. The lowest BCUT2D eigenvalue weighted by Crippen LogP contribution is -2.08. The second kappa shape index (κ2) is 15.8. The van der Waals surface area contributed by atoms with Crippen molar-refractivity contribution in [3.63, 3.8) is 0 Å². The van der Waals surface area contributed by atoms with Crippen molar-refractivity contribution in [1.82, 2.24) is 0 Å². The van der Waals surface area contributed by atoms with Crippen LogP contribution in [-0.4, -0.2) is 12.6 Å². The van der Waals surface area contributed by atoms with E-state index in [1.165, 1.54) is 37.7 Å². The molecule has 0 aliphatic carbocycles. The second-order valence-electron chi connectivity index (χ2n) is 6.92. The van der Waals surface area contributed by atoms with Gasteiger partial charge in [-0.25, -0.2) is 0 Å². The molecule has 0 rings (SSSR count). The third kappa shape index (κ3) is 17.1. The zero-order chi connectivity index (χ0) is 17.3. The standard InChI is InChI=1S/C21H38O2/c1-5-6-7-8-9-10-11-12-16-21(22)23-18-17-20(4)15-13-14-19(2)3/h5,14,20H,1,6-13,15-18H2,2-4H3. The monoisotopic (exact) mass is 322 g/mol. The topological polar surface area (TPSA) is 26.3 Å². The van der Waals surface area contributed by atoms with Gasteiger partial charge in [-0.3, -0.25) is 4.79 Å². The smallest absolute Gasteiger partial charge is 0.305 e. The van der Waals surface area contributed by atoms with Crippen molar-refractivity contribution in [3.8, 4) is 0 Å². The largest absolute Gasteiger partial charge is 0.466 e. The fourth-order valence-electron chi connectivity index (χ4n) is 2.51. The highest BCUT2D eigenvalue weighted by Crippen LogP contribution is 2.13. The average Bonchev–Trinajstić information content (AvgIpc) is 2.49. The predicted molar refractivity (Wildman–Crippen MR) is 101 cm³/mol. The number of esters is 1. The lowest BCUT2D eigenvalue weighted by molar-refractivity contribution is -0.144. The molecule has 0 amide bonds. The molecule has 1 atom stereocenters. The van der Waals surface area contributed by atoms with Gasteiger partial charge < -0.3 is 4.74 Å². The minimum absolute atomic E-state index is 0.0202. The molecular formula is C21H38O2. The van der Waals surface area contributed by atoms with Gasteiger partial charge in [-0.15, -0.1) is 6.58 Å². The number of carbonyl (C=O) groups is 1. The van der Waals surface area contributed by atoms with E-state index >= 15 is 0 Å². The Morgan fingerprint density at radius 2 is 1.65 bits per heavy atom.